The number of ether oxygens (including phenoxy) is 2. The first-order valence-corrected chi connectivity index (χ1v) is 11.3. The van der Waals surface area contributed by atoms with Crippen molar-refractivity contribution in [1.82, 2.24) is 9.78 Å². The summed E-state index contributed by atoms with van der Waals surface area (Å²) in [5.41, 5.74) is 4.18. The number of carbonyl (C=O) groups is 1. The molecule has 0 saturated carbocycles. The van der Waals surface area contributed by atoms with Crippen molar-refractivity contribution in [3.05, 3.63) is 95.5 Å². The Morgan fingerprint density at radius 3 is 2.33 bits per heavy atom. The second-order valence-corrected chi connectivity index (χ2v) is 7.83. The lowest BCUT2D eigenvalue weighted by molar-refractivity contribution is -0.151. The summed E-state index contributed by atoms with van der Waals surface area (Å²) in [5, 5.41) is 5.35. The first kappa shape index (κ1) is 22.6. The van der Waals surface area contributed by atoms with Gasteiger partial charge in [0.2, 0.25) is 6.10 Å². The maximum absolute atomic E-state index is 12.8. The molecule has 33 heavy (non-hydrogen) atoms. The van der Waals surface area contributed by atoms with Crippen LogP contribution in [0.2, 0.25) is 5.02 Å². The summed E-state index contributed by atoms with van der Waals surface area (Å²) in [6.45, 7) is 4.79. The van der Waals surface area contributed by atoms with Crippen LogP contribution >= 0.6 is 11.6 Å². The van der Waals surface area contributed by atoms with Gasteiger partial charge in [0.05, 0.1) is 18.0 Å². The van der Waals surface area contributed by atoms with E-state index >= 15 is 0 Å². The van der Waals surface area contributed by atoms with Crippen LogP contribution < -0.4 is 4.74 Å². The van der Waals surface area contributed by atoms with Crippen molar-refractivity contribution in [3.63, 3.8) is 0 Å². The number of hydrogen-bond acceptors (Lipinski definition) is 4. The summed E-state index contributed by atoms with van der Waals surface area (Å²) in [6, 6.07) is 26.7. The van der Waals surface area contributed by atoms with E-state index in [9.17, 15) is 4.79 Å². The molecule has 1 heterocycles. The highest BCUT2D eigenvalue weighted by Crippen LogP contribution is 2.37. The Hall–Kier alpha value is -3.57. The summed E-state index contributed by atoms with van der Waals surface area (Å²) >= 11 is 6.35. The number of rotatable bonds is 8. The zero-order chi connectivity index (χ0) is 23.2. The van der Waals surface area contributed by atoms with Gasteiger partial charge in [-0.1, -0.05) is 72.3 Å². The Bertz CT molecular complexity index is 1220. The number of hydrogen-bond donors (Lipinski definition) is 0. The van der Waals surface area contributed by atoms with E-state index in [1.54, 1.807) is 25.1 Å². The van der Waals surface area contributed by atoms with Crippen LogP contribution in [-0.4, -0.2) is 22.4 Å². The van der Waals surface area contributed by atoms with Gasteiger partial charge in [-0.25, -0.2) is 4.79 Å². The highest BCUT2D eigenvalue weighted by molar-refractivity contribution is 6.31. The van der Waals surface area contributed by atoms with Crippen LogP contribution in [0.5, 0.6) is 5.75 Å². The molecule has 0 saturated heterocycles. The van der Waals surface area contributed by atoms with Crippen LogP contribution in [0.25, 0.3) is 22.5 Å². The van der Waals surface area contributed by atoms with Crippen LogP contribution in [0.4, 0.5) is 0 Å². The fourth-order valence-electron chi connectivity index (χ4n) is 3.66. The molecule has 6 heteroatoms. The number of aryl methyl sites for hydroxylation is 1. The molecule has 1 unspecified atom stereocenters. The third-order valence-electron chi connectivity index (χ3n) is 5.21. The van der Waals surface area contributed by atoms with Gasteiger partial charge in [0.1, 0.15) is 5.75 Å². The van der Waals surface area contributed by atoms with E-state index in [1.807, 2.05) is 66.2 Å². The Kier molecular flexibility index (Phi) is 7.10. The molecule has 1 atom stereocenters. The standard InChI is InChI=1S/C27H25ClN2O3/c1-3-30-24(19-11-7-5-8-12-19)18-23(29-30)22-17-21(28)15-16-25(22)33-26(27(31)32-4-2)20-13-9-6-10-14-20/h5-18,26H,3-4H2,1-2H3. The Balaban J connectivity index is 1.77. The lowest BCUT2D eigenvalue weighted by atomic mass is 10.1. The van der Waals surface area contributed by atoms with E-state index in [4.69, 9.17) is 26.2 Å². The first-order valence-electron chi connectivity index (χ1n) is 10.9. The first-order chi connectivity index (χ1) is 16.1. The Morgan fingerprint density at radius 1 is 0.970 bits per heavy atom. The largest absolute Gasteiger partial charge is 0.473 e. The second-order valence-electron chi connectivity index (χ2n) is 7.40. The predicted octanol–water partition coefficient (Wildman–Crippen LogP) is 6.57. The molecule has 0 aliphatic rings. The average molecular weight is 461 g/mol. The SMILES string of the molecule is CCOC(=O)C(Oc1ccc(Cl)cc1-c1cc(-c2ccccc2)n(CC)n1)c1ccccc1. The predicted molar refractivity (Wildman–Crippen MR) is 130 cm³/mol. The molecule has 4 rings (SSSR count). The summed E-state index contributed by atoms with van der Waals surface area (Å²) < 4.78 is 13.5. The number of esters is 1. The van der Waals surface area contributed by atoms with Gasteiger partial charge in [-0.3, -0.25) is 4.68 Å². The smallest absolute Gasteiger partial charge is 0.352 e. The normalized spacial score (nSPS) is 11.7. The van der Waals surface area contributed by atoms with Gasteiger partial charge < -0.3 is 9.47 Å². The Morgan fingerprint density at radius 2 is 1.67 bits per heavy atom. The van der Waals surface area contributed by atoms with Crippen LogP contribution in [0.3, 0.4) is 0 Å². The zero-order valence-electron chi connectivity index (χ0n) is 18.6. The van der Waals surface area contributed by atoms with E-state index in [-0.39, 0.29) is 6.61 Å². The third kappa shape index (κ3) is 5.10. The van der Waals surface area contributed by atoms with Crippen LogP contribution in [-0.2, 0) is 16.1 Å². The topological polar surface area (TPSA) is 53.4 Å². The average Bonchev–Trinajstić information content (AvgIpc) is 3.29. The van der Waals surface area contributed by atoms with E-state index in [2.05, 4.69) is 12.1 Å². The minimum atomic E-state index is -0.909. The van der Waals surface area contributed by atoms with Gasteiger partial charge in [0.15, 0.2) is 0 Å². The molecule has 0 fully saturated rings. The quantitative estimate of drug-likeness (QED) is 0.279. The highest BCUT2D eigenvalue weighted by atomic mass is 35.5. The number of aromatic nitrogens is 2. The lowest BCUT2D eigenvalue weighted by Gasteiger charge is -2.20. The van der Waals surface area contributed by atoms with Crippen molar-refractivity contribution >= 4 is 17.6 Å². The van der Waals surface area contributed by atoms with Gasteiger partial charge in [0.25, 0.3) is 0 Å². The molecular weight excluding hydrogens is 436 g/mol. The molecule has 4 aromatic rings. The van der Waals surface area contributed by atoms with Gasteiger partial charge in [-0.05, 0) is 43.7 Å². The number of benzene rings is 3. The minimum absolute atomic E-state index is 0.264. The van der Waals surface area contributed by atoms with Crippen LogP contribution in [0.15, 0.2) is 84.9 Å². The number of carbonyl (C=O) groups excluding carboxylic acids is 1. The summed E-state index contributed by atoms with van der Waals surface area (Å²) in [4.78, 5) is 12.8. The maximum Gasteiger partial charge on any atom is 0.352 e. The zero-order valence-corrected chi connectivity index (χ0v) is 19.3. The molecule has 3 aromatic carbocycles. The van der Waals surface area contributed by atoms with Crippen molar-refractivity contribution < 1.29 is 14.3 Å². The maximum atomic E-state index is 12.8. The van der Waals surface area contributed by atoms with E-state index in [0.717, 1.165) is 11.3 Å². The molecule has 5 nitrogen and oxygen atoms in total. The van der Waals surface area contributed by atoms with Gasteiger partial charge in [0, 0.05) is 22.7 Å². The molecule has 0 amide bonds. The molecule has 0 bridgehead atoms. The molecule has 0 radical (unpaired) electrons. The van der Waals surface area contributed by atoms with E-state index in [0.29, 0.717) is 34.1 Å². The van der Waals surface area contributed by atoms with Crippen LogP contribution in [0.1, 0.15) is 25.5 Å². The summed E-state index contributed by atoms with van der Waals surface area (Å²) in [6.07, 6.45) is -0.909. The van der Waals surface area contributed by atoms with Crippen molar-refractivity contribution in [1.29, 1.82) is 0 Å². The third-order valence-corrected chi connectivity index (χ3v) is 5.45. The van der Waals surface area contributed by atoms with Gasteiger partial charge >= 0.3 is 5.97 Å². The molecule has 0 aliphatic heterocycles. The monoisotopic (exact) mass is 460 g/mol. The number of halogens is 1. The molecule has 0 aliphatic carbocycles. The van der Waals surface area contributed by atoms with Crippen molar-refractivity contribution in [2.24, 2.45) is 0 Å². The Labute approximate surface area is 198 Å². The molecule has 1 aromatic heterocycles. The number of nitrogens with zero attached hydrogens (tertiary/aromatic N) is 2. The lowest BCUT2D eigenvalue weighted by Crippen LogP contribution is -2.21. The highest BCUT2D eigenvalue weighted by Gasteiger charge is 2.26. The summed E-state index contributed by atoms with van der Waals surface area (Å²) in [5.74, 6) is 0.0512. The second kappa shape index (κ2) is 10.4. The van der Waals surface area contributed by atoms with Crippen LogP contribution in [0, 0.1) is 0 Å². The van der Waals surface area contributed by atoms with Crippen molar-refractivity contribution in [2.75, 3.05) is 6.61 Å². The molecular formula is C27H25ClN2O3. The van der Waals surface area contributed by atoms with E-state index in [1.165, 1.54) is 0 Å². The van der Waals surface area contributed by atoms with Crippen molar-refractivity contribution in [2.45, 2.75) is 26.5 Å². The molecule has 0 N–H and O–H groups in total. The minimum Gasteiger partial charge on any atom is -0.473 e. The van der Waals surface area contributed by atoms with Crippen molar-refractivity contribution in [3.8, 4) is 28.3 Å². The van der Waals surface area contributed by atoms with E-state index < -0.39 is 12.1 Å². The van der Waals surface area contributed by atoms with Gasteiger partial charge in [-0.2, -0.15) is 5.10 Å². The van der Waals surface area contributed by atoms with Gasteiger partial charge in [-0.15, -0.1) is 0 Å². The summed E-state index contributed by atoms with van der Waals surface area (Å²) in [7, 11) is 0. The molecule has 168 valence electrons. The fraction of sp³-hybridized carbons (Fsp3) is 0.185. The molecule has 0 spiro atoms. The fourth-order valence-corrected chi connectivity index (χ4v) is 3.83.